The maximum atomic E-state index is 13.0. The molecule has 0 amide bonds. The summed E-state index contributed by atoms with van der Waals surface area (Å²) in [6, 6.07) is 0. The minimum absolute atomic E-state index is 0.107. The third-order valence-electron chi connectivity index (χ3n) is 16.6. The van der Waals surface area contributed by atoms with Crippen molar-refractivity contribution in [1.29, 1.82) is 0 Å². The van der Waals surface area contributed by atoms with Crippen LogP contribution in [0.3, 0.4) is 0 Å². The van der Waals surface area contributed by atoms with Crippen LogP contribution in [0.5, 0.6) is 0 Å². The van der Waals surface area contributed by atoms with E-state index in [1.54, 1.807) is 0 Å². The summed E-state index contributed by atoms with van der Waals surface area (Å²) in [5.41, 5.74) is 0. The lowest BCUT2D eigenvalue weighted by Crippen LogP contribution is -2.30. The van der Waals surface area contributed by atoms with Crippen LogP contribution >= 0.6 is 15.6 Å². The number of carbonyl (C=O) groups excluding carboxylic acids is 4. The third-order valence-corrected chi connectivity index (χ3v) is 18.5. The van der Waals surface area contributed by atoms with Gasteiger partial charge in [0.05, 0.1) is 26.4 Å². The Morgan fingerprint density at radius 3 is 0.656 bits per heavy atom. The second kappa shape index (κ2) is 65.7. The molecule has 0 bridgehead atoms. The first-order chi connectivity index (χ1) is 43.7. The number of phosphoric ester groups is 2. The maximum Gasteiger partial charge on any atom is 0.472 e. The maximum absolute atomic E-state index is 13.0. The number of rotatable bonds is 72. The molecule has 0 fully saturated rings. The Kier molecular flexibility index (Phi) is 64.3. The minimum atomic E-state index is -4.95. The van der Waals surface area contributed by atoms with Crippen LogP contribution in [0.1, 0.15) is 374 Å². The zero-order valence-corrected chi connectivity index (χ0v) is 59.9. The van der Waals surface area contributed by atoms with E-state index in [-0.39, 0.29) is 25.7 Å². The van der Waals surface area contributed by atoms with Gasteiger partial charge < -0.3 is 33.8 Å². The number of carbonyl (C=O) groups is 4. The zero-order chi connectivity index (χ0) is 66.1. The molecule has 0 aliphatic heterocycles. The molecule has 3 N–H and O–H groups in total. The van der Waals surface area contributed by atoms with E-state index >= 15 is 0 Å². The molecule has 2 unspecified atom stereocenters. The van der Waals surface area contributed by atoms with Gasteiger partial charge in [-0.1, -0.05) is 323 Å². The highest BCUT2D eigenvalue weighted by Gasteiger charge is 2.30. The molecule has 0 rings (SSSR count). The van der Waals surface area contributed by atoms with Crippen LogP contribution in [-0.2, 0) is 65.4 Å². The summed E-state index contributed by atoms with van der Waals surface area (Å²) in [6.07, 6.45) is 54.0. The van der Waals surface area contributed by atoms with Crippen LogP contribution in [0, 0.1) is 0 Å². The van der Waals surface area contributed by atoms with Crippen molar-refractivity contribution in [2.45, 2.75) is 393 Å². The molecule has 0 saturated heterocycles. The van der Waals surface area contributed by atoms with Gasteiger partial charge in [0.1, 0.15) is 19.3 Å². The Morgan fingerprint density at radius 1 is 0.267 bits per heavy atom. The van der Waals surface area contributed by atoms with Crippen LogP contribution in [-0.4, -0.2) is 96.7 Å². The van der Waals surface area contributed by atoms with Gasteiger partial charge in [0.15, 0.2) is 12.2 Å². The van der Waals surface area contributed by atoms with Gasteiger partial charge in [-0.15, -0.1) is 0 Å². The highest BCUT2D eigenvalue weighted by atomic mass is 31.2. The smallest absolute Gasteiger partial charge is 0.462 e. The van der Waals surface area contributed by atoms with E-state index in [0.29, 0.717) is 25.7 Å². The zero-order valence-electron chi connectivity index (χ0n) is 58.1. The summed E-state index contributed by atoms with van der Waals surface area (Å²) < 4.78 is 68.3. The molecule has 0 saturated carbocycles. The highest BCUT2D eigenvalue weighted by Crippen LogP contribution is 2.45. The number of hydrogen-bond acceptors (Lipinski definition) is 15. The number of aliphatic hydroxyl groups excluding tert-OH is 1. The molecule has 0 aromatic heterocycles. The van der Waals surface area contributed by atoms with Crippen molar-refractivity contribution in [1.82, 2.24) is 0 Å². The molecule has 90 heavy (non-hydrogen) atoms. The number of ether oxygens (including phenoxy) is 4. The fraction of sp³-hybridized carbons (Fsp3) is 0.944. The number of unbranched alkanes of at least 4 members (excludes halogenated alkanes) is 46. The van der Waals surface area contributed by atoms with Crippen LogP contribution in [0.4, 0.5) is 0 Å². The standard InChI is InChI=1S/C71H138O17P2/c1-5-9-13-17-21-25-28-30-32-34-36-39-42-46-50-54-58-71(76)88-67(62-82-69(74)56-52-48-44-40-38-35-33-31-29-26-22-18-14-10-6-2)64-86-90(79,80)84-60-65(72)59-83-89(77,78)85-63-66(61-81-68(73)55-51-47-43-24-20-16-12-8-4)87-70(75)57-53-49-45-41-37-27-23-19-15-11-7-3/h65-67,72H,5-64H2,1-4H3,(H,77,78)(H,79,80)/t65-,66+,67+/m0/s1. The van der Waals surface area contributed by atoms with Crippen molar-refractivity contribution in [2.75, 3.05) is 39.6 Å². The number of phosphoric acid groups is 2. The third kappa shape index (κ3) is 64.8. The van der Waals surface area contributed by atoms with Crippen molar-refractivity contribution in [3.05, 3.63) is 0 Å². The van der Waals surface area contributed by atoms with Gasteiger partial charge in [-0.05, 0) is 25.7 Å². The van der Waals surface area contributed by atoms with Gasteiger partial charge >= 0.3 is 39.5 Å². The van der Waals surface area contributed by atoms with Gasteiger partial charge in [-0.25, -0.2) is 9.13 Å². The number of hydrogen-bond donors (Lipinski definition) is 3. The van der Waals surface area contributed by atoms with Gasteiger partial charge in [0, 0.05) is 25.7 Å². The summed E-state index contributed by atoms with van der Waals surface area (Å²) in [5.74, 6) is -2.12. The van der Waals surface area contributed by atoms with Crippen LogP contribution in [0.15, 0.2) is 0 Å². The Hall–Kier alpha value is -1.94. The summed E-state index contributed by atoms with van der Waals surface area (Å²) >= 11 is 0. The lowest BCUT2D eigenvalue weighted by molar-refractivity contribution is -0.161. The number of esters is 4. The minimum Gasteiger partial charge on any atom is -0.462 e. The molecule has 534 valence electrons. The molecule has 0 aliphatic rings. The average Bonchev–Trinajstić information content (AvgIpc) is 3.73. The summed E-state index contributed by atoms with van der Waals surface area (Å²) in [7, 11) is -9.89. The Balaban J connectivity index is 5.21. The Bertz CT molecular complexity index is 1720. The molecule has 0 aromatic carbocycles. The second-order valence-electron chi connectivity index (χ2n) is 25.6. The molecule has 0 aromatic rings. The Labute approximate surface area is 549 Å². The SMILES string of the molecule is CCCCCCCCCCCCCCCCCCC(=O)O[C@H](COC(=O)CCCCCCCCCCCCCCCCC)COP(=O)(O)OC[C@@H](O)COP(=O)(O)OC[C@@H](COC(=O)CCCCCCCCCC)OC(=O)CCCCCCCCCCCCC. The first kappa shape index (κ1) is 88.1. The van der Waals surface area contributed by atoms with E-state index in [1.165, 1.54) is 199 Å². The second-order valence-corrected chi connectivity index (χ2v) is 28.5. The van der Waals surface area contributed by atoms with Crippen LogP contribution < -0.4 is 0 Å². The van der Waals surface area contributed by atoms with Crippen molar-refractivity contribution in [2.24, 2.45) is 0 Å². The van der Waals surface area contributed by atoms with E-state index in [1.807, 2.05) is 0 Å². The van der Waals surface area contributed by atoms with Gasteiger partial charge in [0.2, 0.25) is 0 Å². The fourth-order valence-electron chi connectivity index (χ4n) is 10.9. The predicted octanol–water partition coefficient (Wildman–Crippen LogP) is 20.7. The van der Waals surface area contributed by atoms with E-state index in [2.05, 4.69) is 27.7 Å². The molecule has 0 aliphatic carbocycles. The molecule has 0 spiro atoms. The molecule has 0 heterocycles. The van der Waals surface area contributed by atoms with Crippen molar-refractivity contribution >= 4 is 39.5 Å². The van der Waals surface area contributed by atoms with Crippen molar-refractivity contribution < 1.29 is 80.2 Å². The molecular weight excluding hydrogens is 1190 g/mol. The van der Waals surface area contributed by atoms with Gasteiger partial charge in [0.25, 0.3) is 0 Å². The molecular formula is C71H138O17P2. The lowest BCUT2D eigenvalue weighted by atomic mass is 10.0. The van der Waals surface area contributed by atoms with E-state index in [9.17, 15) is 43.2 Å². The first-order valence-electron chi connectivity index (χ1n) is 37.3. The first-order valence-corrected chi connectivity index (χ1v) is 40.3. The van der Waals surface area contributed by atoms with Crippen LogP contribution in [0.25, 0.3) is 0 Å². The van der Waals surface area contributed by atoms with Gasteiger partial charge in [-0.3, -0.25) is 37.3 Å². The topological polar surface area (TPSA) is 237 Å². The summed E-state index contributed by atoms with van der Waals surface area (Å²) in [6.45, 7) is 4.93. The number of aliphatic hydroxyl groups is 1. The largest absolute Gasteiger partial charge is 0.472 e. The van der Waals surface area contributed by atoms with Gasteiger partial charge in [-0.2, -0.15) is 0 Å². The molecule has 19 heteroatoms. The van der Waals surface area contributed by atoms with Crippen molar-refractivity contribution in [3.8, 4) is 0 Å². The summed E-state index contributed by atoms with van der Waals surface area (Å²) in [4.78, 5) is 72.5. The predicted molar refractivity (Wildman–Crippen MR) is 363 cm³/mol. The van der Waals surface area contributed by atoms with E-state index < -0.39 is 97.5 Å². The monoisotopic (exact) mass is 1320 g/mol. The van der Waals surface area contributed by atoms with E-state index in [4.69, 9.17) is 37.0 Å². The Morgan fingerprint density at radius 2 is 0.444 bits per heavy atom. The molecule has 0 radical (unpaired) electrons. The highest BCUT2D eigenvalue weighted by molar-refractivity contribution is 7.47. The molecule has 5 atom stereocenters. The van der Waals surface area contributed by atoms with Crippen LogP contribution in [0.2, 0.25) is 0 Å². The summed E-state index contributed by atoms with van der Waals surface area (Å²) in [5, 5.41) is 10.6. The average molecular weight is 1330 g/mol. The molecule has 17 nitrogen and oxygen atoms in total. The normalized spacial score (nSPS) is 14.0. The van der Waals surface area contributed by atoms with E-state index in [0.717, 1.165) is 96.3 Å². The van der Waals surface area contributed by atoms with Crippen molar-refractivity contribution in [3.63, 3.8) is 0 Å². The fourth-order valence-corrected chi connectivity index (χ4v) is 12.4. The quantitative estimate of drug-likeness (QED) is 0.0222. The lowest BCUT2D eigenvalue weighted by Gasteiger charge is -2.21.